The summed E-state index contributed by atoms with van der Waals surface area (Å²) in [5.41, 5.74) is 1.23. The summed E-state index contributed by atoms with van der Waals surface area (Å²) in [5.74, 6) is -2.16. The van der Waals surface area contributed by atoms with Gasteiger partial charge in [-0.3, -0.25) is 19.3 Å². The maximum atomic E-state index is 12.5. The molecule has 2 aromatic carbocycles. The van der Waals surface area contributed by atoms with E-state index in [1.165, 1.54) is 18.2 Å². The number of carbonyl (C=O) groups excluding carboxylic acids is 4. The van der Waals surface area contributed by atoms with Crippen LogP contribution < -0.4 is 9.84 Å². The lowest BCUT2D eigenvalue weighted by Crippen LogP contribution is -2.34. The SMILES string of the molecule is CCOC(=O)CN1C(=O)S/C(=C\c2ccc(OCc3cccc(C(=O)[O-])c3)c(Cl)c2)C1=O. The van der Waals surface area contributed by atoms with Crippen LogP contribution in [0.2, 0.25) is 5.02 Å². The molecule has 0 bridgehead atoms. The molecule has 2 amide bonds. The van der Waals surface area contributed by atoms with Gasteiger partial charge in [-0.25, -0.2) is 0 Å². The number of ether oxygens (including phenoxy) is 2. The molecular formula is C22H17ClNO7S-. The standard InChI is InChI=1S/C22H18ClNO7S/c1-2-30-19(25)11-24-20(26)18(32-22(24)29)10-13-6-7-17(16(23)9-13)31-12-14-4-3-5-15(8-14)21(27)28/h3-10H,2,11-12H2,1H3,(H,27,28)/p-1/b18-10-. The molecule has 1 fully saturated rings. The van der Waals surface area contributed by atoms with Crippen LogP contribution in [-0.2, 0) is 20.9 Å². The number of amides is 2. The number of nitrogens with zero attached hydrogens (tertiary/aromatic N) is 1. The number of halogens is 1. The first kappa shape index (κ1) is 23.4. The fourth-order valence-electron chi connectivity index (χ4n) is 2.80. The van der Waals surface area contributed by atoms with E-state index in [0.29, 0.717) is 16.9 Å². The lowest BCUT2D eigenvalue weighted by Gasteiger charge is -2.11. The van der Waals surface area contributed by atoms with Gasteiger partial charge in [-0.15, -0.1) is 0 Å². The van der Waals surface area contributed by atoms with Crippen molar-refractivity contribution in [2.45, 2.75) is 13.5 Å². The van der Waals surface area contributed by atoms with Crippen LogP contribution in [0, 0.1) is 0 Å². The number of carboxylic acid groups (broad SMARTS) is 1. The molecule has 2 aromatic rings. The van der Waals surface area contributed by atoms with Gasteiger partial charge in [-0.2, -0.15) is 0 Å². The molecule has 0 saturated carbocycles. The van der Waals surface area contributed by atoms with Gasteiger partial charge in [0, 0.05) is 0 Å². The maximum absolute atomic E-state index is 12.5. The topological polar surface area (TPSA) is 113 Å². The molecule has 8 nitrogen and oxygen atoms in total. The van der Waals surface area contributed by atoms with Crippen LogP contribution >= 0.6 is 23.4 Å². The van der Waals surface area contributed by atoms with Crippen LogP contribution in [-0.4, -0.2) is 41.1 Å². The van der Waals surface area contributed by atoms with Gasteiger partial charge in [0.2, 0.25) is 0 Å². The second-order valence-electron chi connectivity index (χ2n) is 6.54. The summed E-state index contributed by atoms with van der Waals surface area (Å²) in [5, 5.41) is 10.7. The first-order valence-electron chi connectivity index (χ1n) is 9.42. The van der Waals surface area contributed by atoms with Gasteiger partial charge >= 0.3 is 5.97 Å². The van der Waals surface area contributed by atoms with Crippen molar-refractivity contribution in [2.24, 2.45) is 0 Å². The molecule has 3 rings (SSSR count). The minimum Gasteiger partial charge on any atom is -0.545 e. The Morgan fingerprint density at radius 3 is 2.66 bits per heavy atom. The van der Waals surface area contributed by atoms with Crippen LogP contribution in [0.3, 0.4) is 0 Å². The fourth-order valence-corrected chi connectivity index (χ4v) is 3.88. The number of hydrogen-bond acceptors (Lipinski definition) is 8. The van der Waals surface area contributed by atoms with Gasteiger partial charge in [0.05, 0.1) is 22.5 Å². The monoisotopic (exact) mass is 474 g/mol. The van der Waals surface area contributed by atoms with Gasteiger partial charge < -0.3 is 19.4 Å². The van der Waals surface area contributed by atoms with E-state index in [0.717, 1.165) is 16.7 Å². The van der Waals surface area contributed by atoms with E-state index >= 15 is 0 Å². The van der Waals surface area contributed by atoms with Crippen molar-refractivity contribution < 1.29 is 33.8 Å². The van der Waals surface area contributed by atoms with Gasteiger partial charge in [0.15, 0.2) is 0 Å². The summed E-state index contributed by atoms with van der Waals surface area (Å²) in [6.45, 7) is 1.43. The number of imide groups is 1. The van der Waals surface area contributed by atoms with E-state index in [-0.39, 0.29) is 28.7 Å². The molecule has 1 saturated heterocycles. The van der Waals surface area contributed by atoms with Crippen LogP contribution in [0.4, 0.5) is 4.79 Å². The highest BCUT2D eigenvalue weighted by molar-refractivity contribution is 8.18. The number of esters is 1. The Kier molecular flexibility index (Phi) is 7.55. The van der Waals surface area contributed by atoms with Crippen molar-refractivity contribution in [1.29, 1.82) is 0 Å². The average Bonchev–Trinajstić information content (AvgIpc) is 3.01. The maximum Gasteiger partial charge on any atom is 0.326 e. The fraction of sp³-hybridized carbons (Fsp3) is 0.182. The zero-order valence-corrected chi connectivity index (χ0v) is 18.4. The molecule has 0 N–H and O–H groups in total. The summed E-state index contributed by atoms with van der Waals surface area (Å²) in [4.78, 5) is 48.0. The van der Waals surface area contributed by atoms with Gasteiger partial charge in [0.25, 0.3) is 11.1 Å². The highest BCUT2D eigenvalue weighted by atomic mass is 35.5. The second-order valence-corrected chi connectivity index (χ2v) is 7.94. The molecule has 1 aliphatic rings. The van der Waals surface area contributed by atoms with E-state index in [1.807, 2.05) is 0 Å². The third kappa shape index (κ3) is 5.68. The molecule has 0 aromatic heterocycles. The zero-order valence-electron chi connectivity index (χ0n) is 16.8. The molecule has 1 heterocycles. The Morgan fingerprint density at radius 1 is 1.19 bits per heavy atom. The second kappa shape index (κ2) is 10.3. The van der Waals surface area contributed by atoms with Crippen molar-refractivity contribution in [3.63, 3.8) is 0 Å². The number of thioether (sulfide) groups is 1. The third-order valence-electron chi connectivity index (χ3n) is 4.28. The summed E-state index contributed by atoms with van der Waals surface area (Å²) in [6.07, 6.45) is 1.50. The van der Waals surface area contributed by atoms with Crippen LogP contribution in [0.15, 0.2) is 47.4 Å². The van der Waals surface area contributed by atoms with Gasteiger partial charge in [-0.1, -0.05) is 35.9 Å². The van der Waals surface area contributed by atoms with E-state index in [1.54, 1.807) is 37.3 Å². The summed E-state index contributed by atoms with van der Waals surface area (Å²) in [7, 11) is 0. The van der Waals surface area contributed by atoms with E-state index in [2.05, 4.69) is 0 Å². The number of rotatable bonds is 8. The Labute approximate surface area is 192 Å². The van der Waals surface area contributed by atoms with Gasteiger partial charge in [0.1, 0.15) is 18.9 Å². The van der Waals surface area contributed by atoms with Crippen LogP contribution in [0.1, 0.15) is 28.4 Å². The summed E-state index contributed by atoms with van der Waals surface area (Å²) < 4.78 is 10.4. The highest BCUT2D eigenvalue weighted by Gasteiger charge is 2.36. The molecule has 0 aliphatic carbocycles. The van der Waals surface area contributed by atoms with Crippen molar-refractivity contribution in [3.05, 3.63) is 69.1 Å². The molecule has 0 atom stereocenters. The smallest absolute Gasteiger partial charge is 0.326 e. The molecular weight excluding hydrogens is 458 g/mol. The van der Waals surface area contributed by atoms with Crippen LogP contribution in [0.25, 0.3) is 6.08 Å². The Morgan fingerprint density at radius 2 is 1.97 bits per heavy atom. The number of aromatic carboxylic acids is 1. The van der Waals surface area contributed by atoms with Crippen molar-refractivity contribution in [3.8, 4) is 5.75 Å². The minimum absolute atomic E-state index is 0.0458. The number of benzene rings is 2. The number of carbonyl (C=O) groups is 4. The highest BCUT2D eigenvalue weighted by Crippen LogP contribution is 2.34. The van der Waals surface area contributed by atoms with Crippen LogP contribution in [0.5, 0.6) is 5.75 Å². The molecule has 10 heteroatoms. The Hall–Kier alpha value is -3.30. The normalized spacial score (nSPS) is 14.7. The predicted octanol–water partition coefficient (Wildman–Crippen LogP) is 2.88. The summed E-state index contributed by atoms with van der Waals surface area (Å²) >= 11 is 6.99. The molecule has 32 heavy (non-hydrogen) atoms. The molecule has 1 aliphatic heterocycles. The van der Waals surface area contributed by atoms with Crippen molar-refractivity contribution in [1.82, 2.24) is 4.90 Å². The predicted molar refractivity (Wildman–Crippen MR) is 116 cm³/mol. The number of hydrogen-bond donors (Lipinski definition) is 0. The first-order valence-corrected chi connectivity index (χ1v) is 10.6. The Balaban J connectivity index is 1.68. The minimum atomic E-state index is -1.28. The lowest BCUT2D eigenvalue weighted by atomic mass is 10.1. The molecule has 166 valence electrons. The number of carboxylic acids is 1. The molecule has 0 spiro atoms. The molecule has 0 radical (unpaired) electrons. The van der Waals surface area contributed by atoms with E-state index in [9.17, 15) is 24.3 Å². The van der Waals surface area contributed by atoms with E-state index in [4.69, 9.17) is 21.1 Å². The van der Waals surface area contributed by atoms with Gasteiger partial charge in [-0.05, 0) is 59.7 Å². The lowest BCUT2D eigenvalue weighted by molar-refractivity contribution is -0.255. The first-order chi connectivity index (χ1) is 15.3. The third-order valence-corrected chi connectivity index (χ3v) is 5.48. The van der Waals surface area contributed by atoms with Crippen molar-refractivity contribution >= 4 is 52.5 Å². The largest absolute Gasteiger partial charge is 0.545 e. The zero-order chi connectivity index (χ0) is 23.3. The van der Waals surface area contributed by atoms with Crippen molar-refractivity contribution in [2.75, 3.05) is 13.2 Å². The quantitative estimate of drug-likeness (QED) is 0.424. The molecule has 0 unspecified atom stereocenters. The Bertz CT molecular complexity index is 1120. The summed E-state index contributed by atoms with van der Waals surface area (Å²) in [6, 6.07) is 11.0. The average molecular weight is 475 g/mol. The van der Waals surface area contributed by atoms with E-state index < -0.39 is 29.6 Å².